The summed E-state index contributed by atoms with van der Waals surface area (Å²) in [6.45, 7) is 0. The molecule has 0 aliphatic heterocycles. The van der Waals surface area contributed by atoms with Gasteiger partial charge >= 0.3 is 0 Å². The third-order valence-electron chi connectivity index (χ3n) is 2.26. The van der Waals surface area contributed by atoms with Crippen LogP contribution in [0.3, 0.4) is 0 Å². The summed E-state index contributed by atoms with van der Waals surface area (Å²) in [5, 5.41) is 11.9. The molecule has 0 aliphatic carbocycles. The highest BCUT2D eigenvalue weighted by atomic mass is 79.9. The molecule has 90 valence electrons. The first-order valence-electron chi connectivity index (χ1n) is 5.17. The molecular formula is C12H10BrN5. The largest absolute Gasteiger partial charge is 0.340 e. The van der Waals surface area contributed by atoms with E-state index in [1.807, 2.05) is 30.5 Å². The van der Waals surface area contributed by atoms with Gasteiger partial charge in [-0.1, -0.05) is 15.9 Å². The fourth-order valence-corrected chi connectivity index (χ4v) is 1.60. The van der Waals surface area contributed by atoms with Gasteiger partial charge in [0.25, 0.3) is 0 Å². The third-order valence-corrected chi connectivity index (χ3v) is 2.79. The third kappa shape index (κ3) is 2.96. The van der Waals surface area contributed by atoms with Crippen LogP contribution in [0.25, 0.3) is 0 Å². The maximum Gasteiger partial charge on any atom is 0.185 e. The van der Waals surface area contributed by atoms with Crippen LogP contribution in [0, 0.1) is 11.5 Å². The molecule has 1 N–H and O–H groups in total. The van der Waals surface area contributed by atoms with Crippen molar-refractivity contribution in [3.63, 3.8) is 0 Å². The second kappa shape index (κ2) is 5.47. The van der Waals surface area contributed by atoms with E-state index in [-0.39, 0.29) is 0 Å². The Morgan fingerprint density at radius 1 is 1.28 bits per heavy atom. The molecule has 0 unspecified atom stereocenters. The number of halogens is 1. The molecule has 0 bridgehead atoms. The Morgan fingerprint density at radius 2 is 2.00 bits per heavy atom. The van der Waals surface area contributed by atoms with Crippen LogP contribution in [0.15, 0.2) is 41.1 Å². The molecule has 1 aromatic carbocycles. The molecule has 6 heteroatoms. The van der Waals surface area contributed by atoms with Crippen LogP contribution in [0.4, 0.5) is 17.3 Å². The molecule has 0 saturated carbocycles. The van der Waals surface area contributed by atoms with Crippen molar-refractivity contribution < 1.29 is 0 Å². The van der Waals surface area contributed by atoms with Crippen LogP contribution in [0.5, 0.6) is 0 Å². The monoisotopic (exact) mass is 303 g/mol. The van der Waals surface area contributed by atoms with E-state index in [0.29, 0.717) is 11.6 Å². The number of anilines is 3. The summed E-state index contributed by atoms with van der Waals surface area (Å²) in [6.07, 6.45) is 3.41. The number of hydrogen-bond acceptors (Lipinski definition) is 5. The summed E-state index contributed by atoms with van der Waals surface area (Å²) in [4.78, 5) is 9.48. The minimum Gasteiger partial charge on any atom is -0.340 e. The molecule has 1 aromatic heterocycles. The molecule has 0 radical (unpaired) electrons. The molecule has 0 fully saturated rings. The van der Waals surface area contributed by atoms with Crippen molar-refractivity contribution >= 4 is 33.3 Å². The second-order valence-corrected chi connectivity index (χ2v) is 4.47. The fraction of sp³-hybridized carbons (Fsp3) is 0.0833. The van der Waals surface area contributed by atoms with Crippen molar-refractivity contribution in [3.05, 3.63) is 41.1 Å². The van der Waals surface area contributed by atoms with Gasteiger partial charge in [0.2, 0.25) is 0 Å². The summed E-state index contributed by atoms with van der Waals surface area (Å²) in [7, 11) is 1.64. The highest BCUT2D eigenvalue weighted by Crippen LogP contribution is 2.19. The number of hydrogen-bond donors (Lipinski definition) is 1. The number of benzene rings is 1. The molecule has 0 atom stereocenters. The zero-order valence-corrected chi connectivity index (χ0v) is 11.2. The van der Waals surface area contributed by atoms with Crippen molar-refractivity contribution in [2.24, 2.45) is 0 Å². The van der Waals surface area contributed by atoms with E-state index < -0.39 is 0 Å². The number of nitrogens with one attached hydrogen (secondary N) is 1. The summed E-state index contributed by atoms with van der Waals surface area (Å²) in [6, 6.07) is 9.45. The highest BCUT2D eigenvalue weighted by molar-refractivity contribution is 9.10. The van der Waals surface area contributed by atoms with E-state index in [1.54, 1.807) is 13.1 Å². The average Bonchev–Trinajstić information content (AvgIpc) is 2.41. The first kappa shape index (κ1) is 12.3. The number of rotatable bonds is 3. The Hall–Kier alpha value is -2.13. The molecule has 5 nitrogen and oxygen atoms in total. The van der Waals surface area contributed by atoms with E-state index in [1.165, 1.54) is 11.2 Å². The van der Waals surface area contributed by atoms with Crippen molar-refractivity contribution in [1.82, 2.24) is 9.97 Å². The molecule has 0 saturated heterocycles. The van der Waals surface area contributed by atoms with Gasteiger partial charge in [-0.25, -0.2) is 9.97 Å². The Morgan fingerprint density at radius 3 is 2.67 bits per heavy atom. The van der Waals surface area contributed by atoms with E-state index in [9.17, 15) is 0 Å². The van der Waals surface area contributed by atoms with Gasteiger partial charge in [-0.05, 0) is 24.3 Å². The van der Waals surface area contributed by atoms with Crippen LogP contribution >= 0.6 is 15.9 Å². The van der Waals surface area contributed by atoms with E-state index in [4.69, 9.17) is 5.26 Å². The lowest BCUT2D eigenvalue weighted by Crippen LogP contribution is -2.10. The van der Waals surface area contributed by atoms with Crippen LogP contribution < -0.4 is 10.2 Å². The fourth-order valence-electron chi connectivity index (χ4n) is 1.33. The minimum atomic E-state index is 0.548. The van der Waals surface area contributed by atoms with E-state index >= 15 is 0 Å². The molecule has 2 rings (SSSR count). The Balaban J connectivity index is 2.19. The average molecular weight is 304 g/mol. The van der Waals surface area contributed by atoms with Gasteiger partial charge in [0.15, 0.2) is 6.19 Å². The van der Waals surface area contributed by atoms with Gasteiger partial charge < -0.3 is 5.32 Å². The van der Waals surface area contributed by atoms with Gasteiger partial charge in [0.1, 0.15) is 18.0 Å². The standard InChI is InChI=1S/C12H10BrN5/c1-18(7-14)12-6-11(15-8-16-12)17-10-4-2-9(13)3-5-10/h2-6,8H,1H3,(H,15,16,17). The normalized spacial score (nSPS) is 9.61. The lowest BCUT2D eigenvalue weighted by molar-refractivity contribution is 1.08. The SMILES string of the molecule is CN(C#N)c1cc(Nc2ccc(Br)cc2)ncn1. The van der Waals surface area contributed by atoms with Crippen molar-refractivity contribution in [2.45, 2.75) is 0 Å². The quantitative estimate of drug-likeness (QED) is 0.697. The van der Waals surface area contributed by atoms with Gasteiger partial charge in [-0.2, -0.15) is 5.26 Å². The predicted octanol–water partition coefficient (Wildman–Crippen LogP) is 2.90. The first-order valence-corrected chi connectivity index (χ1v) is 5.96. The highest BCUT2D eigenvalue weighted by Gasteiger charge is 2.03. The predicted molar refractivity (Wildman–Crippen MR) is 73.5 cm³/mol. The molecule has 18 heavy (non-hydrogen) atoms. The first-order chi connectivity index (χ1) is 8.69. The summed E-state index contributed by atoms with van der Waals surface area (Å²) in [5.41, 5.74) is 0.919. The zero-order valence-electron chi connectivity index (χ0n) is 9.63. The van der Waals surface area contributed by atoms with Gasteiger partial charge in [-0.3, -0.25) is 4.90 Å². The van der Waals surface area contributed by atoms with Gasteiger partial charge in [0, 0.05) is 23.3 Å². The van der Waals surface area contributed by atoms with Crippen LogP contribution in [-0.2, 0) is 0 Å². The summed E-state index contributed by atoms with van der Waals surface area (Å²) < 4.78 is 1.01. The Labute approximate surface area is 113 Å². The maximum absolute atomic E-state index is 8.79. The van der Waals surface area contributed by atoms with Crippen LogP contribution in [0.2, 0.25) is 0 Å². The lowest BCUT2D eigenvalue weighted by atomic mass is 10.3. The zero-order chi connectivity index (χ0) is 13.0. The smallest absolute Gasteiger partial charge is 0.185 e. The van der Waals surface area contributed by atoms with E-state index in [0.717, 1.165) is 10.2 Å². The van der Waals surface area contributed by atoms with Crippen molar-refractivity contribution in [3.8, 4) is 6.19 Å². The van der Waals surface area contributed by atoms with Crippen molar-refractivity contribution in [1.29, 1.82) is 5.26 Å². The second-order valence-electron chi connectivity index (χ2n) is 3.55. The topological polar surface area (TPSA) is 64.8 Å². The number of nitrogens with zero attached hydrogens (tertiary/aromatic N) is 4. The number of nitriles is 1. The van der Waals surface area contributed by atoms with Gasteiger partial charge in [0.05, 0.1) is 0 Å². The molecular weight excluding hydrogens is 294 g/mol. The minimum absolute atomic E-state index is 0.548. The summed E-state index contributed by atoms with van der Waals surface area (Å²) in [5.74, 6) is 1.19. The Bertz CT molecular complexity index is 576. The summed E-state index contributed by atoms with van der Waals surface area (Å²) >= 11 is 3.37. The van der Waals surface area contributed by atoms with Crippen LogP contribution in [-0.4, -0.2) is 17.0 Å². The molecule has 1 heterocycles. The van der Waals surface area contributed by atoms with E-state index in [2.05, 4.69) is 31.2 Å². The van der Waals surface area contributed by atoms with Crippen LogP contribution in [0.1, 0.15) is 0 Å². The molecule has 0 amide bonds. The molecule has 0 aliphatic rings. The maximum atomic E-state index is 8.79. The number of aromatic nitrogens is 2. The molecule has 0 spiro atoms. The van der Waals surface area contributed by atoms with Crippen molar-refractivity contribution in [2.75, 3.05) is 17.3 Å². The molecule has 2 aromatic rings. The van der Waals surface area contributed by atoms with Gasteiger partial charge in [-0.15, -0.1) is 0 Å². The Kier molecular flexibility index (Phi) is 3.75. The lowest BCUT2D eigenvalue weighted by Gasteiger charge is -2.10.